The van der Waals surface area contributed by atoms with Crippen LogP contribution in [0.4, 0.5) is 0 Å². The van der Waals surface area contributed by atoms with Crippen molar-refractivity contribution in [3.8, 4) is 6.01 Å². The molecule has 1 aromatic heterocycles. The van der Waals surface area contributed by atoms with E-state index in [1.54, 1.807) is 0 Å². The summed E-state index contributed by atoms with van der Waals surface area (Å²) in [4.78, 5) is 11.8. The van der Waals surface area contributed by atoms with Crippen LogP contribution in [0.3, 0.4) is 0 Å². The van der Waals surface area contributed by atoms with Gasteiger partial charge in [-0.2, -0.15) is 4.98 Å². The van der Waals surface area contributed by atoms with E-state index in [0.717, 1.165) is 31.9 Å². The summed E-state index contributed by atoms with van der Waals surface area (Å²) in [6.45, 7) is 8.60. The van der Waals surface area contributed by atoms with Gasteiger partial charge in [-0.15, -0.1) is 0 Å². The van der Waals surface area contributed by atoms with Crippen LogP contribution in [0, 0.1) is 12.8 Å². The number of likely N-dealkylation sites (tertiary alicyclic amines) is 1. The molecule has 1 aliphatic carbocycles. The van der Waals surface area contributed by atoms with Crippen molar-refractivity contribution in [2.45, 2.75) is 63.8 Å². The fourth-order valence-electron chi connectivity index (χ4n) is 5.44. The number of rotatable bonds is 7. The van der Waals surface area contributed by atoms with Crippen LogP contribution in [0.1, 0.15) is 72.7 Å². The quantitative estimate of drug-likeness (QED) is 0.719. The molecule has 5 nitrogen and oxygen atoms in total. The fraction of sp³-hybridized carbons (Fsp3) is 0.615. The summed E-state index contributed by atoms with van der Waals surface area (Å²) in [5.41, 5.74) is 5.28. The number of hydrogen-bond acceptors (Lipinski definition) is 5. The number of hydrogen-bond donors (Lipinski definition) is 1. The lowest BCUT2D eigenvalue weighted by atomic mass is 9.72. The molecule has 3 aliphatic rings. The van der Waals surface area contributed by atoms with Gasteiger partial charge >= 0.3 is 6.01 Å². The highest BCUT2D eigenvalue weighted by Gasteiger charge is 2.31. The zero-order chi connectivity index (χ0) is 21.0. The lowest BCUT2D eigenvalue weighted by molar-refractivity contribution is 0.149. The molecule has 1 aromatic carbocycles. The zero-order valence-electron chi connectivity index (χ0n) is 18.9. The first-order valence-corrected chi connectivity index (χ1v) is 12.2. The van der Waals surface area contributed by atoms with Gasteiger partial charge in [-0.25, -0.2) is 4.98 Å². The molecule has 2 aromatic rings. The van der Waals surface area contributed by atoms with Crippen molar-refractivity contribution in [1.29, 1.82) is 0 Å². The molecule has 1 N–H and O–H groups in total. The van der Waals surface area contributed by atoms with Crippen molar-refractivity contribution in [3.05, 3.63) is 52.8 Å². The Balaban J connectivity index is 1.09. The molecule has 1 atom stereocenters. The van der Waals surface area contributed by atoms with Crippen LogP contribution >= 0.6 is 0 Å². The highest BCUT2D eigenvalue weighted by atomic mass is 16.5. The Morgan fingerprint density at radius 2 is 1.87 bits per heavy atom. The minimum absolute atomic E-state index is 0.487. The molecule has 1 unspecified atom stereocenters. The summed E-state index contributed by atoms with van der Waals surface area (Å²) < 4.78 is 6.03. The molecular weight excluding hydrogens is 384 g/mol. The molecule has 5 rings (SSSR count). The second-order valence-corrected chi connectivity index (χ2v) is 9.83. The largest absolute Gasteiger partial charge is 0.463 e. The van der Waals surface area contributed by atoms with Crippen molar-refractivity contribution in [1.82, 2.24) is 20.2 Å². The van der Waals surface area contributed by atoms with Gasteiger partial charge < -0.3 is 10.1 Å². The second-order valence-electron chi connectivity index (χ2n) is 9.83. The fourth-order valence-corrected chi connectivity index (χ4v) is 5.44. The van der Waals surface area contributed by atoms with E-state index in [2.05, 4.69) is 46.4 Å². The molecule has 166 valence electrons. The van der Waals surface area contributed by atoms with Gasteiger partial charge in [-0.3, -0.25) is 4.90 Å². The van der Waals surface area contributed by atoms with E-state index in [4.69, 9.17) is 9.72 Å². The minimum atomic E-state index is 0.487. The molecule has 0 spiro atoms. The molecule has 2 saturated heterocycles. The number of aromatic nitrogens is 2. The number of piperidine rings is 1. The maximum Gasteiger partial charge on any atom is 0.316 e. The van der Waals surface area contributed by atoms with Crippen molar-refractivity contribution in [2.75, 3.05) is 32.8 Å². The molecule has 5 heteroatoms. The van der Waals surface area contributed by atoms with Gasteiger partial charge in [-0.05, 0) is 93.6 Å². The molecule has 31 heavy (non-hydrogen) atoms. The molecule has 0 bridgehead atoms. The number of nitrogens with one attached hydrogen (secondary N) is 1. The molecule has 3 heterocycles. The Kier molecular flexibility index (Phi) is 6.51. The third-order valence-electron chi connectivity index (χ3n) is 7.41. The van der Waals surface area contributed by atoms with E-state index >= 15 is 0 Å². The van der Waals surface area contributed by atoms with Gasteiger partial charge in [0.2, 0.25) is 0 Å². The second kappa shape index (κ2) is 9.66. The summed E-state index contributed by atoms with van der Waals surface area (Å²) in [7, 11) is 0. The van der Waals surface area contributed by atoms with Crippen molar-refractivity contribution >= 4 is 0 Å². The average Bonchev–Trinajstić information content (AvgIpc) is 3.28. The minimum Gasteiger partial charge on any atom is -0.463 e. The molecule has 1 saturated carbocycles. The monoisotopic (exact) mass is 420 g/mol. The predicted octanol–water partition coefficient (Wildman–Crippen LogP) is 4.42. The summed E-state index contributed by atoms with van der Waals surface area (Å²) in [5, 5.41) is 3.49. The average molecular weight is 421 g/mol. The molecule has 3 fully saturated rings. The Hall–Kier alpha value is -1.98. The van der Waals surface area contributed by atoms with Gasteiger partial charge in [0.1, 0.15) is 0 Å². The first kappa shape index (κ1) is 20.9. The van der Waals surface area contributed by atoms with Gasteiger partial charge in [0.25, 0.3) is 0 Å². The predicted molar refractivity (Wildman–Crippen MR) is 124 cm³/mol. The normalized spacial score (nSPS) is 26.5. The third kappa shape index (κ3) is 5.09. The van der Waals surface area contributed by atoms with Crippen molar-refractivity contribution < 1.29 is 4.74 Å². The summed E-state index contributed by atoms with van der Waals surface area (Å²) >= 11 is 0. The molecular formula is C26H36N4O. The van der Waals surface area contributed by atoms with Crippen LogP contribution in [0.15, 0.2) is 30.5 Å². The van der Waals surface area contributed by atoms with Crippen LogP contribution in [-0.2, 0) is 6.54 Å². The van der Waals surface area contributed by atoms with E-state index in [-0.39, 0.29) is 0 Å². The summed E-state index contributed by atoms with van der Waals surface area (Å²) in [6.07, 6.45) is 9.47. The Bertz CT molecular complexity index is 850. The number of nitrogens with zero attached hydrogens (tertiary/aromatic N) is 3. The standard InChI is InChI=1S/C26H36N4O/c1-19-15-28-26(29-25(19)23-5-4-10-27-16-23)31-18-21-13-24(14-21)22-8-6-20(7-9-22)17-30-11-2-3-12-30/h6-9,15,21,23-24,27H,2-5,10-14,16-18H2,1H3/t21-,23?,24+. The maximum absolute atomic E-state index is 6.03. The number of aryl methyl sites for hydroxylation is 1. The van der Waals surface area contributed by atoms with Crippen molar-refractivity contribution in [2.24, 2.45) is 5.92 Å². The molecule has 0 radical (unpaired) electrons. The van der Waals surface area contributed by atoms with E-state index < -0.39 is 0 Å². The van der Waals surface area contributed by atoms with Crippen LogP contribution in [-0.4, -0.2) is 47.7 Å². The molecule has 0 amide bonds. The highest BCUT2D eigenvalue weighted by Crippen LogP contribution is 2.41. The van der Waals surface area contributed by atoms with Crippen LogP contribution in [0.25, 0.3) is 0 Å². The zero-order valence-corrected chi connectivity index (χ0v) is 18.9. The summed E-state index contributed by atoms with van der Waals surface area (Å²) in [5.74, 6) is 1.77. The van der Waals surface area contributed by atoms with Crippen LogP contribution in [0.5, 0.6) is 6.01 Å². The van der Waals surface area contributed by atoms with E-state index in [0.29, 0.717) is 23.8 Å². The van der Waals surface area contributed by atoms with Crippen LogP contribution in [0.2, 0.25) is 0 Å². The van der Waals surface area contributed by atoms with Crippen LogP contribution < -0.4 is 10.1 Å². The first-order valence-electron chi connectivity index (χ1n) is 12.2. The van der Waals surface area contributed by atoms with Crippen molar-refractivity contribution in [3.63, 3.8) is 0 Å². The van der Waals surface area contributed by atoms with E-state index in [1.165, 1.54) is 68.3 Å². The van der Waals surface area contributed by atoms with Gasteiger partial charge in [-0.1, -0.05) is 24.3 Å². The Morgan fingerprint density at radius 1 is 1.06 bits per heavy atom. The van der Waals surface area contributed by atoms with E-state index in [1.807, 2.05) is 6.20 Å². The van der Waals surface area contributed by atoms with Gasteiger partial charge in [0, 0.05) is 25.2 Å². The van der Waals surface area contributed by atoms with E-state index in [9.17, 15) is 0 Å². The smallest absolute Gasteiger partial charge is 0.316 e. The number of ether oxygens (including phenoxy) is 1. The maximum atomic E-state index is 6.03. The first-order chi connectivity index (χ1) is 15.2. The lowest BCUT2D eigenvalue weighted by Gasteiger charge is -2.35. The SMILES string of the molecule is Cc1cnc(OC[C@H]2C[C@@H](c3ccc(CN4CCCC4)cc3)C2)nc1C1CCCNC1. The lowest BCUT2D eigenvalue weighted by Crippen LogP contribution is -2.30. The third-order valence-corrected chi connectivity index (χ3v) is 7.41. The van der Waals surface area contributed by atoms with Gasteiger partial charge in [0.05, 0.1) is 12.3 Å². The highest BCUT2D eigenvalue weighted by molar-refractivity contribution is 5.27. The van der Waals surface area contributed by atoms with Gasteiger partial charge in [0.15, 0.2) is 0 Å². The topological polar surface area (TPSA) is 50.3 Å². The number of benzene rings is 1. The summed E-state index contributed by atoms with van der Waals surface area (Å²) in [6, 6.07) is 9.92. The molecule has 2 aliphatic heterocycles. The Morgan fingerprint density at radius 3 is 2.61 bits per heavy atom. The Labute approximate surface area is 186 Å².